The number of benzene rings is 2. The largest absolute Gasteiger partial charge is 0.482 e. The molecule has 6 heteroatoms. The molecule has 0 spiro atoms. The summed E-state index contributed by atoms with van der Waals surface area (Å²) < 4.78 is 16.9. The van der Waals surface area contributed by atoms with Crippen LogP contribution in [0.2, 0.25) is 0 Å². The summed E-state index contributed by atoms with van der Waals surface area (Å²) in [7, 11) is 0. The van der Waals surface area contributed by atoms with E-state index in [4.69, 9.17) is 14.2 Å². The van der Waals surface area contributed by atoms with Gasteiger partial charge in [-0.25, -0.2) is 4.79 Å². The zero-order valence-corrected chi connectivity index (χ0v) is 15.0. The Morgan fingerprint density at radius 1 is 1.04 bits per heavy atom. The number of hydrogen-bond donors (Lipinski definition) is 1. The molecule has 0 saturated heterocycles. The number of Topliss-reactive ketones (excluding diaryl/α,β-unsaturated/α-hetero) is 1. The Labute approximate surface area is 156 Å². The molecule has 27 heavy (non-hydrogen) atoms. The molecule has 0 radical (unpaired) electrons. The second-order valence-electron chi connectivity index (χ2n) is 6.50. The third kappa shape index (κ3) is 3.14. The number of fused-ring (bicyclic) bond motifs is 2. The number of para-hydroxylation sites is 3. The van der Waals surface area contributed by atoms with E-state index in [1.54, 1.807) is 38.2 Å². The van der Waals surface area contributed by atoms with Crippen LogP contribution in [0.15, 0.2) is 54.7 Å². The first-order valence-electron chi connectivity index (χ1n) is 8.78. The number of ketones is 1. The number of aromatic nitrogens is 1. The Morgan fingerprint density at radius 3 is 2.48 bits per heavy atom. The maximum atomic E-state index is 12.7. The summed E-state index contributed by atoms with van der Waals surface area (Å²) in [6.07, 6.45) is -0.762. The molecule has 1 N–H and O–H groups in total. The van der Waals surface area contributed by atoms with E-state index in [9.17, 15) is 9.59 Å². The van der Waals surface area contributed by atoms with Crippen LogP contribution >= 0.6 is 0 Å². The number of carbonyl (C=O) groups is 2. The maximum Gasteiger partial charge on any atom is 0.352 e. The fraction of sp³-hybridized carbons (Fsp3) is 0.238. The third-order valence-electron chi connectivity index (χ3n) is 4.59. The summed E-state index contributed by atoms with van der Waals surface area (Å²) in [4.78, 5) is 28.4. The van der Waals surface area contributed by atoms with E-state index in [0.29, 0.717) is 17.1 Å². The van der Waals surface area contributed by atoms with E-state index in [0.717, 1.165) is 10.9 Å². The summed E-state index contributed by atoms with van der Waals surface area (Å²) in [5, 5.41) is 0.796. The number of rotatable bonds is 4. The highest BCUT2D eigenvalue weighted by Crippen LogP contribution is 2.34. The number of hydrogen-bond acceptors (Lipinski definition) is 5. The fourth-order valence-corrected chi connectivity index (χ4v) is 3.17. The first-order valence-corrected chi connectivity index (χ1v) is 8.78. The monoisotopic (exact) mass is 365 g/mol. The highest BCUT2D eigenvalue weighted by Gasteiger charge is 2.37. The zero-order chi connectivity index (χ0) is 19.0. The van der Waals surface area contributed by atoms with E-state index in [2.05, 4.69) is 4.98 Å². The first kappa shape index (κ1) is 17.1. The van der Waals surface area contributed by atoms with Crippen LogP contribution in [-0.4, -0.2) is 35.0 Å². The van der Waals surface area contributed by atoms with Gasteiger partial charge >= 0.3 is 5.97 Å². The standard InChI is InChI=1S/C21H19NO5/c1-12(19(23)15-11-22-16-8-4-3-7-14(15)16)26-21(24)20-13(2)25-17-9-5-6-10-18(17)27-20/h3-13,20,22H,1-2H3. The van der Waals surface area contributed by atoms with Gasteiger partial charge in [0, 0.05) is 22.7 Å². The highest BCUT2D eigenvalue weighted by atomic mass is 16.6. The van der Waals surface area contributed by atoms with Crippen LogP contribution in [0.4, 0.5) is 0 Å². The summed E-state index contributed by atoms with van der Waals surface area (Å²) in [6.45, 7) is 3.29. The minimum absolute atomic E-state index is 0.273. The average Bonchev–Trinajstić information content (AvgIpc) is 3.10. The van der Waals surface area contributed by atoms with Crippen LogP contribution in [0.5, 0.6) is 11.5 Å². The number of ether oxygens (including phenoxy) is 3. The van der Waals surface area contributed by atoms with Crippen LogP contribution in [0.1, 0.15) is 24.2 Å². The second kappa shape index (κ2) is 6.79. The van der Waals surface area contributed by atoms with E-state index in [-0.39, 0.29) is 5.78 Å². The zero-order valence-electron chi connectivity index (χ0n) is 15.0. The van der Waals surface area contributed by atoms with Crippen LogP contribution in [0, 0.1) is 0 Å². The molecule has 0 saturated carbocycles. The number of carbonyl (C=O) groups excluding carboxylic acids is 2. The SMILES string of the molecule is CC(OC(=O)C1Oc2ccccc2OC1C)C(=O)c1c[nH]c2ccccc12. The van der Waals surface area contributed by atoms with Crippen molar-refractivity contribution in [1.82, 2.24) is 4.98 Å². The van der Waals surface area contributed by atoms with Crippen molar-refractivity contribution in [3.05, 3.63) is 60.3 Å². The van der Waals surface area contributed by atoms with Crippen molar-refractivity contribution >= 4 is 22.7 Å². The quantitative estimate of drug-likeness (QED) is 0.565. The minimum Gasteiger partial charge on any atom is -0.482 e. The van der Waals surface area contributed by atoms with E-state index in [1.165, 1.54) is 0 Å². The van der Waals surface area contributed by atoms with Crippen molar-refractivity contribution in [2.45, 2.75) is 32.2 Å². The van der Waals surface area contributed by atoms with Crippen LogP contribution in [0.25, 0.3) is 10.9 Å². The molecule has 1 aromatic heterocycles. The van der Waals surface area contributed by atoms with Crippen LogP contribution in [-0.2, 0) is 9.53 Å². The summed E-state index contributed by atoms with van der Waals surface area (Å²) in [6, 6.07) is 14.6. The highest BCUT2D eigenvalue weighted by molar-refractivity contribution is 6.10. The van der Waals surface area contributed by atoms with Crippen molar-refractivity contribution < 1.29 is 23.8 Å². The molecule has 138 valence electrons. The number of H-pyrrole nitrogens is 1. The maximum absolute atomic E-state index is 12.7. The van der Waals surface area contributed by atoms with Gasteiger partial charge in [0.15, 0.2) is 17.6 Å². The summed E-state index contributed by atoms with van der Waals surface area (Å²) >= 11 is 0. The Morgan fingerprint density at radius 2 is 1.70 bits per heavy atom. The van der Waals surface area contributed by atoms with Crippen molar-refractivity contribution in [3.63, 3.8) is 0 Å². The predicted molar refractivity (Wildman–Crippen MR) is 99.1 cm³/mol. The lowest BCUT2D eigenvalue weighted by Gasteiger charge is -2.30. The third-order valence-corrected chi connectivity index (χ3v) is 4.59. The lowest BCUT2D eigenvalue weighted by Crippen LogP contribution is -2.46. The molecule has 3 unspecified atom stereocenters. The van der Waals surface area contributed by atoms with Gasteiger partial charge in [-0.2, -0.15) is 0 Å². The molecule has 0 bridgehead atoms. The molecule has 0 aliphatic carbocycles. The van der Waals surface area contributed by atoms with Crippen LogP contribution < -0.4 is 9.47 Å². The summed E-state index contributed by atoms with van der Waals surface area (Å²) in [5.74, 6) is 0.161. The number of nitrogens with one attached hydrogen (secondary N) is 1. The Balaban J connectivity index is 1.48. The lowest BCUT2D eigenvalue weighted by atomic mass is 10.1. The molecule has 2 aromatic carbocycles. The molecule has 1 aliphatic heterocycles. The molecule has 0 fully saturated rings. The first-order chi connectivity index (χ1) is 13.0. The predicted octanol–water partition coefficient (Wildman–Crippen LogP) is 3.51. The molecule has 0 amide bonds. The second-order valence-corrected chi connectivity index (χ2v) is 6.50. The Hall–Kier alpha value is -3.28. The van der Waals surface area contributed by atoms with E-state index < -0.39 is 24.3 Å². The van der Waals surface area contributed by atoms with Gasteiger partial charge in [-0.3, -0.25) is 4.79 Å². The van der Waals surface area contributed by atoms with E-state index >= 15 is 0 Å². The molecule has 4 rings (SSSR count). The van der Waals surface area contributed by atoms with Gasteiger partial charge in [-0.05, 0) is 32.0 Å². The van der Waals surface area contributed by atoms with Gasteiger partial charge in [0.2, 0.25) is 11.9 Å². The van der Waals surface area contributed by atoms with Gasteiger partial charge in [-0.1, -0.05) is 30.3 Å². The topological polar surface area (TPSA) is 77.6 Å². The van der Waals surface area contributed by atoms with Crippen molar-refractivity contribution in [1.29, 1.82) is 0 Å². The van der Waals surface area contributed by atoms with Crippen molar-refractivity contribution in [2.24, 2.45) is 0 Å². The average molecular weight is 365 g/mol. The van der Waals surface area contributed by atoms with Gasteiger partial charge in [0.1, 0.15) is 6.10 Å². The molecule has 3 aromatic rings. The van der Waals surface area contributed by atoms with Gasteiger partial charge < -0.3 is 19.2 Å². The summed E-state index contributed by atoms with van der Waals surface area (Å²) in [5.41, 5.74) is 1.35. The van der Waals surface area contributed by atoms with Gasteiger partial charge in [-0.15, -0.1) is 0 Å². The minimum atomic E-state index is -0.940. The number of aromatic amines is 1. The molecule has 3 atom stereocenters. The lowest BCUT2D eigenvalue weighted by molar-refractivity contribution is -0.160. The fourth-order valence-electron chi connectivity index (χ4n) is 3.17. The molecule has 1 aliphatic rings. The normalized spacial score (nSPS) is 19.5. The van der Waals surface area contributed by atoms with E-state index in [1.807, 2.05) is 30.3 Å². The Kier molecular flexibility index (Phi) is 4.32. The Bertz CT molecular complexity index is 1010. The van der Waals surface area contributed by atoms with Crippen molar-refractivity contribution in [3.8, 4) is 11.5 Å². The smallest absolute Gasteiger partial charge is 0.352 e. The molecular weight excluding hydrogens is 346 g/mol. The van der Waals surface area contributed by atoms with Crippen molar-refractivity contribution in [2.75, 3.05) is 0 Å². The molecular formula is C21H19NO5. The molecule has 2 heterocycles. The number of esters is 1. The van der Waals surface area contributed by atoms with Gasteiger partial charge in [0.25, 0.3) is 0 Å². The van der Waals surface area contributed by atoms with Crippen LogP contribution in [0.3, 0.4) is 0 Å². The van der Waals surface area contributed by atoms with Gasteiger partial charge in [0.05, 0.1) is 0 Å². The molecule has 6 nitrogen and oxygen atoms in total.